The van der Waals surface area contributed by atoms with Gasteiger partial charge < -0.3 is 19.7 Å². The quantitative estimate of drug-likeness (QED) is 0.818. The summed E-state index contributed by atoms with van der Waals surface area (Å²) in [5, 5.41) is 2.92. The zero-order chi connectivity index (χ0) is 18.0. The lowest BCUT2D eigenvalue weighted by Crippen LogP contribution is -2.37. The number of rotatable bonds is 4. The first-order valence-electron chi connectivity index (χ1n) is 8.00. The minimum Gasteiger partial charge on any atom is -0.442 e. The van der Waals surface area contributed by atoms with E-state index < -0.39 is 23.8 Å². The fourth-order valence-electron chi connectivity index (χ4n) is 2.89. The molecule has 1 aromatic carbocycles. The van der Waals surface area contributed by atoms with Crippen LogP contribution in [0.5, 0.6) is 0 Å². The van der Waals surface area contributed by atoms with Gasteiger partial charge in [0.15, 0.2) is 11.6 Å². The molecule has 0 spiro atoms. The molecule has 2 aliphatic heterocycles. The van der Waals surface area contributed by atoms with Crippen LogP contribution in [0.2, 0.25) is 0 Å². The van der Waals surface area contributed by atoms with Crippen LogP contribution in [-0.4, -0.2) is 56.6 Å². The number of anilines is 2. The van der Waals surface area contributed by atoms with Crippen LogP contribution in [0.25, 0.3) is 0 Å². The number of halogens is 2. The lowest BCUT2D eigenvalue weighted by molar-refractivity contribution is 0.122. The second-order valence-corrected chi connectivity index (χ2v) is 6.52. The second-order valence-electron chi connectivity index (χ2n) is 5.91. The van der Waals surface area contributed by atoms with Gasteiger partial charge in [0.05, 0.1) is 37.0 Å². The van der Waals surface area contributed by atoms with Gasteiger partial charge in [0, 0.05) is 25.2 Å². The van der Waals surface area contributed by atoms with Gasteiger partial charge in [0.1, 0.15) is 11.8 Å². The van der Waals surface area contributed by atoms with Crippen molar-refractivity contribution >= 4 is 34.7 Å². The van der Waals surface area contributed by atoms with Crippen LogP contribution in [0.1, 0.15) is 6.92 Å². The summed E-state index contributed by atoms with van der Waals surface area (Å²) in [4.78, 5) is 15.4. The van der Waals surface area contributed by atoms with E-state index in [0.29, 0.717) is 37.8 Å². The van der Waals surface area contributed by atoms with E-state index in [9.17, 15) is 13.6 Å². The number of nitrogens with zero attached hydrogens (tertiary/aromatic N) is 2. The molecule has 1 N–H and O–H groups in total. The van der Waals surface area contributed by atoms with Crippen LogP contribution in [0.15, 0.2) is 12.1 Å². The molecule has 1 amide bonds. The molecular weight excluding hydrogens is 352 g/mol. The molecule has 2 heterocycles. The maximum Gasteiger partial charge on any atom is 0.414 e. The molecule has 9 heteroatoms. The molecule has 2 aliphatic rings. The minimum absolute atomic E-state index is 0.0887. The molecule has 1 unspecified atom stereocenters. The van der Waals surface area contributed by atoms with Gasteiger partial charge in [-0.3, -0.25) is 4.90 Å². The normalized spacial score (nSPS) is 20.6. The number of benzene rings is 1. The monoisotopic (exact) mass is 371 g/mol. The first kappa shape index (κ1) is 17.8. The molecule has 1 aromatic rings. The van der Waals surface area contributed by atoms with Gasteiger partial charge in [0.2, 0.25) is 0 Å². The number of cyclic esters (lactones) is 1. The molecule has 0 saturated carbocycles. The maximum atomic E-state index is 14.5. The highest BCUT2D eigenvalue weighted by Gasteiger charge is 2.33. The number of nitrogens with one attached hydrogen (secondary N) is 1. The van der Waals surface area contributed by atoms with E-state index in [1.165, 1.54) is 4.90 Å². The number of ether oxygens (including phenoxy) is 2. The molecule has 6 nitrogen and oxygen atoms in total. The van der Waals surface area contributed by atoms with Gasteiger partial charge in [-0.25, -0.2) is 13.6 Å². The number of carbonyl (C=O) groups is 1. The molecule has 3 rings (SSSR count). The maximum absolute atomic E-state index is 14.5. The lowest BCUT2D eigenvalue weighted by Gasteiger charge is -2.29. The predicted octanol–water partition coefficient (Wildman–Crippen LogP) is 2.06. The van der Waals surface area contributed by atoms with Crippen molar-refractivity contribution in [1.82, 2.24) is 5.32 Å². The van der Waals surface area contributed by atoms with Gasteiger partial charge in [-0.1, -0.05) is 12.2 Å². The summed E-state index contributed by atoms with van der Waals surface area (Å²) in [6.45, 7) is 3.96. The van der Waals surface area contributed by atoms with Crippen LogP contribution in [0.4, 0.5) is 25.0 Å². The zero-order valence-electron chi connectivity index (χ0n) is 13.8. The fourth-order valence-corrected chi connectivity index (χ4v) is 2.98. The molecular formula is C16H19F2N3O3S. The van der Waals surface area contributed by atoms with Gasteiger partial charge in [-0.2, -0.15) is 0 Å². The smallest absolute Gasteiger partial charge is 0.414 e. The summed E-state index contributed by atoms with van der Waals surface area (Å²) in [6, 6.07) is 2.32. The molecule has 2 fully saturated rings. The van der Waals surface area contributed by atoms with E-state index in [1.807, 2.05) is 0 Å². The number of amides is 1. The average Bonchev–Trinajstić information content (AvgIpc) is 2.94. The number of morpholine rings is 1. The molecule has 25 heavy (non-hydrogen) atoms. The topological polar surface area (TPSA) is 54.0 Å². The van der Waals surface area contributed by atoms with E-state index >= 15 is 0 Å². The molecule has 2 saturated heterocycles. The third-order valence-electron chi connectivity index (χ3n) is 4.09. The van der Waals surface area contributed by atoms with Crippen molar-refractivity contribution in [2.45, 2.75) is 13.0 Å². The molecule has 0 bridgehead atoms. The Bertz CT molecular complexity index is 660. The van der Waals surface area contributed by atoms with E-state index in [2.05, 4.69) is 5.32 Å². The highest BCUT2D eigenvalue weighted by Crippen LogP contribution is 2.31. The summed E-state index contributed by atoms with van der Waals surface area (Å²) in [6.07, 6.45) is -1.07. The summed E-state index contributed by atoms with van der Waals surface area (Å²) in [5.74, 6) is -1.41. The molecule has 0 aromatic heterocycles. The minimum atomic E-state index is -0.707. The Morgan fingerprint density at radius 3 is 2.56 bits per heavy atom. The molecule has 136 valence electrons. The van der Waals surface area contributed by atoms with E-state index in [4.69, 9.17) is 21.7 Å². The van der Waals surface area contributed by atoms with Gasteiger partial charge in [-0.15, -0.1) is 0 Å². The van der Waals surface area contributed by atoms with Crippen LogP contribution >= 0.6 is 12.2 Å². The number of hydrogen-bond acceptors (Lipinski definition) is 5. The Balaban J connectivity index is 1.76. The number of carbonyl (C=O) groups excluding carboxylic acids is 1. The summed E-state index contributed by atoms with van der Waals surface area (Å²) >= 11 is 4.92. The third-order valence-corrected chi connectivity index (χ3v) is 4.24. The molecule has 1 atom stereocenters. The first-order valence-corrected chi connectivity index (χ1v) is 8.41. The van der Waals surface area contributed by atoms with Crippen LogP contribution in [-0.2, 0) is 9.47 Å². The first-order chi connectivity index (χ1) is 12.0. The van der Waals surface area contributed by atoms with Crippen molar-refractivity contribution in [2.24, 2.45) is 0 Å². The molecule has 0 aliphatic carbocycles. The highest BCUT2D eigenvalue weighted by atomic mass is 32.1. The SMILES string of the molecule is CC(=S)NCC1CN(c2cc(F)c(N3CCOCC3)c(F)c2)C(=O)O1. The van der Waals surface area contributed by atoms with Gasteiger partial charge in [0.25, 0.3) is 0 Å². The van der Waals surface area contributed by atoms with E-state index in [0.717, 1.165) is 12.1 Å². The van der Waals surface area contributed by atoms with Crippen LogP contribution in [0, 0.1) is 11.6 Å². The van der Waals surface area contributed by atoms with Crippen molar-refractivity contribution in [3.8, 4) is 0 Å². The largest absolute Gasteiger partial charge is 0.442 e. The van der Waals surface area contributed by atoms with Crippen LogP contribution < -0.4 is 15.1 Å². The molecule has 0 radical (unpaired) electrons. The summed E-state index contributed by atoms with van der Waals surface area (Å²) < 4.78 is 39.4. The van der Waals surface area contributed by atoms with E-state index in [1.54, 1.807) is 11.8 Å². The summed E-state index contributed by atoms with van der Waals surface area (Å²) in [7, 11) is 0. The Hall–Kier alpha value is -2.00. The Morgan fingerprint density at radius 2 is 1.96 bits per heavy atom. The lowest BCUT2D eigenvalue weighted by atomic mass is 10.2. The Kier molecular flexibility index (Phi) is 5.33. The Labute approximate surface area is 149 Å². The van der Waals surface area contributed by atoms with Crippen molar-refractivity contribution in [3.63, 3.8) is 0 Å². The van der Waals surface area contributed by atoms with Gasteiger partial charge in [-0.05, 0) is 6.92 Å². The van der Waals surface area contributed by atoms with Gasteiger partial charge >= 0.3 is 6.09 Å². The second kappa shape index (κ2) is 7.49. The van der Waals surface area contributed by atoms with Crippen molar-refractivity contribution in [3.05, 3.63) is 23.8 Å². The van der Waals surface area contributed by atoms with E-state index in [-0.39, 0.29) is 17.9 Å². The van der Waals surface area contributed by atoms with Crippen molar-refractivity contribution < 1.29 is 23.0 Å². The van der Waals surface area contributed by atoms with Crippen LogP contribution in [0.3, 0.4) is 0 Å². The third kappa shape index (κ3) is 3.98. The predicted molar refractivity (Wildman–Crippen MR) is 93.3 cm³/mol. The fraction of sp³-hybridized carbons (Fsp3) is 0.500. The Morgan fingerprint density at radius 1 is 1.32 bits per heavy atom. The standard InChI is InChI=1S/C16H19F2N3O3S/c1-10(25)19-8-12-9-21(16(22)24-12)11-6-13(17)15(14(18)7-11)20-2-4-23-5-3-20/h6-7,12H,2-5,8-9H2,1H3,(H,19,25). The van der Waals surface area contributed by atoms with Crippen molar-refractivity contribution in [1.29, 1.82) is 0 Å². The zero-order valence-corrected chi connectivity index (χ0v) is 14.6. The summed E-state index contributed by atoms with van der Waals surface area (Å²) in [5.41, 5.74) is 0.0488. The van der Waals surface area contributed by atoms with Crippen molar-refractivity contribution in [2.75, 3.05) is 49.2 Å². The highest BCUT2D eigenvalue weighted by molar-refractivity contribution is 7.80. The average molecular weight is 371 g/mol. The number of thiocarbonyl (C=S) groups is 1. The number of hydrogen-bond donors (Lipinski definition) is 1.